The zero-order chi connectivity index (χ0) is 14.7. The van der Waals surface area contributed by atoms with Gasteiger partial charge in [0.2, 0.25) is 0 Å². The quantitative estimate of drug-likeness (QED) is 0.833. The van der Waals surface area contributed by atoms with Crippen LogP contribution >= 0.6 is 27.3 Å². The van der Waals surface area contributed by atoms with E-state index in [-0.39, 0.29) is 0 Å². The topological polar surface area (TPSA) is 32.3 Å². The maximum absolute atomic E-state index is 4.57. The van der Waals surface area contributed by atoms with Crippen molar-refractivity contribution < 1.29 is 0 Å². The Kier molecular flexibility index (Phi) is 4.87. The van der Waals surface area contributed by atoms with Crippen molar-refractivity contribution in [3.05, 3.63) is 38.9 Å². The molecule has 2 aromatic heterocycles. The molecule has 0 spiro atoms. The number of rotatable bonds is 3. The summed E-state index contributed by atoms with van der Waals surface area (Å²) in [6, 6.07) is 4.15. The number of thiazole rings is 1. The lowest BCUT2D eigenvalue weighted by Gasteiger charge is -2.22. The van der Waals surface area contributed by atoms with Crippen molar-refractivity contribution in [2.45, 2.75) is 19.9 Å². The van der Waals surface area contributed by atoms with E-state index in [1.807, 2.05) is 6.20 Å². The van der Waals surface area contributed by atoms with Crippen molar-refractivity contribution in [1.82, 2.24) is 14.9 Å². The Morgan fingerprint density at radius 3 is 2.86 bits per heavy atom. The summed E-state index contributed by atoms with van der Waals surface area (Å²) in [5.41, 5.74) is 1.20. The molecule has 4 nitrogen and oxygen atoms in total. The maximum Gasteiger partial charge on any atom is 0.128 e. The smallest absolute Gasteiger partial charge is 0.128 e. The van der Waals surface area contributed by atoms with Crippen LogP contribution in [0.25, 0.3) is 0 Å². The van der Waals surface area contributed by atoms with Gasteiger partial charge in [-0.25, -0.2) is 9.97 Å². The lowest BCUT2D eigenvalue weighted by Crippen LogP contribution is -2.31. The average molecular weight is 367 g/mol. The van der Waals surface area contributed by atoms with Crippen LogP contribution in [0.2, 0.25) is 0 Å². The largest absolute Gasteiger partial charge is 0.355 e. The highest BCUT2D eigenvalue weighted by Gasteiger charge is 2.16. The highest BCUT2D eigenvalue weighted by Crippen LogP contribution is 2.18. The Labute approximate surface area is 138 Å². The van der Waals surface area contributed by atoms with Crippen LogP contribution in [0.4, 0.5) is 5.82 Å². The Hall–Kier alpha value is -0.980. The van der Waals surface area contributed by atoms with Gasteiger partial charge in [0.1, 0.15) is 5.82 Å². The summed E-state index contributed by atoms with van der Waals surface area (Å²) in [5.74, 6) is 1.07. The molecule has 3 rings (SSSR count). The molecule has 2 aromatic rings. The molecule has 0 unspecified atom stereocenters. The van der Waals surface area contributed by atoms with Gasteiger partial charge in [0.05, 0.1) is 10.7 Å². The second-order valence-corrected chi connectivity index (χ2v) is 7.29. The summed E-state index contributed by atoms with van der Waals surface area (Å²) < 4.78 is 1.03. The summed E-state index contributed by atoms with van der Waals surface area (Å²) in [4.78, 5) is 13.9. The average Bonchev–Trinajstić information content (AvgIpc) is 2.74. The van der Waals surface area contributed by atoms with Crippen LogP contribution in [0.5, 0.6) is 0 Å². The minimum Gasteiger partial charge on any atom is -0.355 e. The van der Waals surface area contributed by atoms with E-state index in [0.29, 0.717) is 0 Å². The SMILES string of the molecule is Cc1nc(CN2CCCN(c3ccc(Br)cn3)CC2)cs1. The molecule has 3 heterocycles. The Balaban J connectivity index is 1.60. The first-order chi connectivity index (χ1) is 10.2. The van der Waals surface area contributed by atoms with Crippen molar-refractivity contribution in [3.8, 4) is 0 Å². The fraction of sp³-hybridized carbons (Fsp3) is 0.467. The highest BCUT2D eigenvalue weighted by atomic mass is 79.9. The predicted molar refractivity (Wildman–Crippen MR) is 90.9 cm³/mol. The summed E-state index contributed by atoms with van der Waals surface area (Å²) in [7, 11) is 0. The van der Waals surface area contributed by atoms with Gasteiger partial charge >= 0.3 is 0 Å². The number of hydrogen-bond donors (Lipinski definition) is 0. The number of halogens is 1. The number of pyridine rings is 1. The van der Waals surface area contributed by atoms with Gasteiger partial charge in [0, 0.05) is 48.8 Å². The van der Waals surface area contributed by atoms with Crippen LogP contribution in [0.1, 0.15) is 17.1 Å². The van der Waals surface area contributed by atoms with Gasteiger partial charge in [0.25, 0.3) is 0 Å². The van der Waals surface area contributed by atoms with E-state index >= 15 is 0 Å². The number of anilines is 1. The molecule has 0 saturated carbocycles. The first kappa shape index (κ1) is 14.9. The van der Waals surface area contributed by atoms with E-state index in [0.717, 1.165) is 48.0 Å². The van der Waals surface area contributed by atoms with Crippen LogP contribution in [0.15, 0.2) is 28.2 Å². The molecular weight excluding hydrogens is 348 g/mol. The van der Waals surface area contributed by atoms with Gasteiger partial charge in [-0.3, -0.25) is 4.90 Å². The number of nitrogens with zero attached hydrogens (tertiary/aromatic N) is 4. The molecule has 1 fully saturated rings. The number of hydrogen-bond acceptors (Lipinski definition) is 5. The predicted octanol–water partition coefficient (Wildman–Crippen LogP) is 3.32. The molecule has 0 N–H and O–H groups in total. The van der Waals surface area contributed by atoms with Crippen LogP contribution in [0.3, 0.4) is 0 Å². The molecule has 1 saturated heterocycles. The lowest BCUT2D eigenvalue weighted by molar-refractivity contribution is 0.282. The maximum atomic E-state index is 4.57. The van der Waals surface area contributed by atoms with E-state index in [1.165, 1.54) is 12.1 Å². The highest BCUT2D eigenvalue weighted by molar-refractivity contribution is 9.10. The van der Waals surface area contributed by atoms with Crippen molar-refractivity contribution >= 4 is 33.1 Å². The molecule has 21 heavy (non-hydrogen) atoms. The van der Waals surface area contributed by atoms with Gasteiger partial charge in [-0.15, -0.1) is 11.3 Å². The van der Waals surface area contributed by atoms with Gasteiger partial charge in [-0.1, -0.05) is 0 Å². The molecule has 0 amide bonds. The van der Waals surface area contributed by atoms with Crippen molar-refractivity contribution in [2.75, 3.05) is 31.1 Å². The Morgan fingerprint density at radius 2 is 2.14 bits per heavy atom. The summed E-state index contributed by atoms with van der Waals surface area (Å²) >= 11 is 5.17. The molecule has 0 atom stereocenters. The zero-order valence-corrected chi connectivity index (χ0v) is 14.5. The summed E-state index contributed by atoms with van der Waals surface area (Å²) in [6.07, 6.45) is 3.04. The molecule has 6 heteroatoms. The molecule has 112 valence electrons. The number of aryl methyl sites for hydroxylation is 1. The first-order valence-corrected chi connectivity index (χ1v) is 8.88. The van der Waals surface area contributed by atoms with Gasteiger partial charge in [-0.2, -0.15) is 0 Å². The Bertz CT molecular complexity index is 584. The fourth-order valence-electron chi connectivity index (χ4n) is 2.62. The van der Waals surface area contributed by atoms with E-state index in [2.05, 4.69) is 60.1 Å². The third-order valence-corrected chi connectivity index (χ3v) is 4.97. The summed E-state index contributed by atoms with van der Waals surface area (Å²) in [6.45, 7) is 7.32. The van der Waals surface area contributed by atoms with Crippen LogP contribution in [-0.4, -0.2) is 41.0 Å². The fourth-order valence-corrected chi connectivity index (χ4v) is 3.46. The van der Waals surface area contributed by atoms with Crippen LogP contribution in [-0.2, 0) is 6.54 Å². The second kappa shape index (κ2) is 6.85. The second-order valence-electron chi connectivity index (χ2n) is 5.31. The molecule has 0 radical (unpaired) electrons. The van der Waals surface area contributed by atoms with Crippen molar-refractivity contribution in [2.24, 2.45) is 0 Å². The van der Waals surface area contributed by atoms with Gasteiger partial charge in [0.15, 0.2) is 0 Å². The van der Waals surface area contributed by atoms with Gasteiger partial charge < -0.3 is 4.90 Å². The van der Waals surface area contributed by atoms with E-state index in [4.69, 9.17) is 0 Å². The van der Waals surface area contributed by atoms with Crippen LogP contribution in [0, 0.1) is 6.92 Å². The third-order valence-electron chi connectivity index (χ3n) is 3.68. The normalized spacial score (nSPS) is 17.0. The first-order valence-electron chi connectivity index (χ1n) is 7.20. The third kappa shape index (κ3) is 4.02. The van der Waals surface area contributed by atoms with E-state index in [9.17, 15) is 0 Å². The minimum atomic E-state index is 0.964. The minimum absolute atomic E-state index is 0.964. The summed E-state index contributed by atoms with van der Waals surface area (Å²) in [5, 5.41) is 3.33. The van der Waals surface area contributed by atoms with E-state index in [1.54, 1.807) is 11.3 Å². The van der Waals surface area contributed by atoms with E-state index < -0.39 is 0 Å². The molecule has 0 aliphatic carbocycles. The zero-order valence-electron chi connectivity index (χ0n) is 12.1. The molecule has 1 aliphatic heterocycles. The molecule has 1 aliphatic rings. The standard InChI is InChI=1S/C15H19BrN4S/c1-12-18-14(11-21-12)10-19-5-2-6-20(8-7-19)15-4-3-13(16)9-17-15/h3-4,9,11H,2,5-8,10H2,1H3. The molecule has 0 bridgehead atoms. The molecule has 0 aromatic carbocycles. The van der Waals surface area contributed by atoms with Gasteiger partial charge in [-0.05, 0) is 41.4 Å². The van der Waals surface area contributed by atoms with Crippen LogP contribution < -0.4 is 4.90 Å². The lowest BCUT2D eigenvalue weighted by atomic mass is 10.3. The molecular formula is C15H19BrN4S. The van der Waals surface area contributed by atoms with Crippen molar-refractivity contribution in [3.63, 3.8) is 0 Å². The Morgan fingerprint density at radius 1 is 1.24 bits per heavy atom. The number of aromatic nitrogens is 2. The monoisotopic (exact) mass is 366 g/mol. The van der Waals surface area contributed by atoms with Crippen molar-refractivity contribution in [1.29, 1.82) is 0 Å².